The van der Waals surface area contributed by atoms with Crippen LogP contribution in [-0.4, -0.2) is 20.2 Å². The molecule has 2 aromatic rings. The predicted octanol–water partition coefficient (Wildman–Crippen LogP) is 2.77. The maximum atomic E-state index is 11.3. The predicted molar refractivity (Wildman–Crippen MR) is 81.3 cm³/mol. The lowest BCUT2D eigenvalue weighted by molar-refractivity contribution is 0.0600. The second-order valence-corrected chi connectivity index (χ2v) is 4.60. The highest BCUT2D eigenvalue weighted by atomic mass is 16.5. The Morgan fingerprint density at radius 3 is 2.38 bits per heavy atom. The van der Waals surface area contributed by atoms with Crippen LogP contribution in [0.2, 0.25) is 0 Å². The molecule has 4 heteroatoms. The average molecular weight is 285 g/mol. The van der Waals surface area contributed by atoms with E-state index in [0.29, 0.717) is 5.56 Å². The summed E-state index contributed by atoms with van der Waals surface area (Å²) in [5, 5.41) is 3.36. The molecule has 1 N–H and O–H groups in total. The third kappa shape index (κ3) is 4.07. The number of nitrogens with one attached hydrogen (secondary N) is 1. The Labute approximate surface area is 124 Å². The van der Waals surface area contributed by atoms with E-state index in [1.54, 1.807) is 19.2 Å². The van der Waals surface area contributed by atoms with E-state index in [0.717, 1.165) is 30.0 Å². The van der Waals surface area contributed by atoms with E-state index in [-0.39, 0.29) is 5.97 Å². The van der Waals surface area contributed by atoms with E-state index in [1.165, 1.54) is 7.11 Å². The van der Waals surface area contributed by atoms with Crippen molar-refractivity contribution in [3.63, 3.8) is 0 Å². The van der Waals surface area contributed by atoms with Crippen LogP contribution in [0.3, 0.4) is 0 Å². The summed E-state index contributed by atoms with van der Waals surface area (Å²) in [5.41, 5.74) is 2.79. The van der Waals surface area contributed by atoms with Gasteiger partial charge in [0.25, 0.3) is 0 Å². The lowest BCUT2D eigenvalue weighted by Crippen LogP contribution is -2.13. The van der Waals surface area contributed by atoms with Crippen molar-refractivity contribution in [3.05, 3.63) is 65.2 Å². The van der Waals surface area contributed by atoms with E-state index >= 15 is 0 Å². The first-order valence-corrected chi connectivity index (χ1v) is 6.74. The van der Waals surface area contributed by atoms with Gasteiger partial charge in [-0.3, -0.25) is 0 Å². The Morgan fingerprint density at radius 1 is 1.00 bits per heavy atom. The van der Waals surface area contributed by atoms with Crippen molar-refractivity contribution in [2.45, 2.75) is 13.1 Å². The maximum Gasteiger partial charge on any atom is 0.337 e. The molecule has 0 aliphatic heterocycles. The van der Waals surface area contributed by atoms with Gasteiger partial charge in [0.05, 0.1) is 19.8 Å². The highest BCUT2D eigenvalue weighted by molar-refractivity contribution is 5.89. The van der Waals surface area contributed by atoms with E-state index in [9.17, 15) is 4.79 Å². The van der Waals surface area contributed by atoms with Crippen LogP contribution in [0.25, 0.3) is 0 Å². The minimum atomic E-state index is -0.316. The van der Waals surface area contributed by atoms with Crippen molar-refractivity contribution < 1.29 is 14.3 Å². The van der Waals surface area contributed by atoms with Crippen molar-refractivity contribution in [2.75, 3.05) is 14.2 Å². The molecule has 0 amide bonds. The monoisotopic (exact) mass is 285 g/mol. The third-order valence-electron chi connectivity index (χ3n) is 3.21. The van der Waals surface area contributed by atoms with Crippen LogP contribution >= 0.6 is 0 Å². The van der Waals surface area contributed by atoms with Gasteiger partial charge in [-0.2, -0.15) is 0 Å². The Hall–Kier alpha value is -2.33. The topological polar surface area (TPSA) is 47.6 Å². The first-order valence-electron chi connectivity index (χ1n) is 6.74. The van der Waals surface area contributed by atoms with Crippen molar-refractivity contribution in [2.24, 2.45) is 0 Å². The van der Waals surface area contributed by atoms with Crippen LogP contribution in [0, 0.1) is 0 Å². The third-order valence-corrected chi connectivity index (χ3v) is 3.21. The van der Waals surface area contributed by atoms with E-state index in [1.807, 2.05) is 36.4 Å². The van der Waals surface area contributed by atoms with Crippen molar-refractivity contribution in [1.82, 2.24) is 5.32 Å². The van der Waals surface area contributed by atoms with Gasteiger partial charge in [-0.25, -0.2) is 4.79 Å². The Balaban J connectivity index is 1.90. The molecule has 4 nitrogen and oxygen atoms in total. The molecule has 0 unspecified atom stereocenters. The molecule has 0 fully saturated rings. The smallest absolute Gasteiger partial charge is 0.337 e. The highest BCUT2D eigenvalue weighted by Crippen LogP contribution is 2.16. The maximum absolute atomic E-state index is 11.3. The highest BCUT2D eigenvalue weighted by Gasteiger charge is 2.04. The summed E-state index contributed by atoms with van der Waals surface area (Å²) in [4.78, 5) is 11.3. The molecule has 0 aromatic heterocycles. The van der Waals surface area contributed by atoms with E-state index in [2.05, 4.69) is 10.1 Å². The summed E-state index contributed by atoms with van der Waals surface area (Å²) in [6, 6.07) is 15.3. The number of methoxy groups -OCH3 is 2. The second-order valence-electron chi connectivity index (χ2n) is 4.60. The summed E-state index contributed by atoms with van der Waals surface area (Å²) < 4.78 is 9.98. The molecular weight excluding hydrogens is 266 g/mol. The number of esters is 1. The molecule has 0 saturated heterocycles. The fourth-order valence-corrected chi connectivity index (χ4v) is 2.07. The SMILES string of the molecule is COC(=O)c1ccc(CNCc2ccccc2OC)cc1. The van der Waals surface area contributed by atoms with Crippen LogP contribution in [0.15, 0.2) is 48.5 Å². The molecule has 0 aliphatic rings. The molecule has 21 heavy (non-hydrogen) atoms. The fourth-order valence-electron chi connectivity index (χ4n) is 2.07. The largest absolute Gasteiger partial charge is 0.496 e. The molecule has 0 atom stereocenters. The number of benzene rings is 2. The summed E-state index contributed by atoms with van der Waals surface area (Å²) in [6.07, 6.45) is 0. The van der Waals surface area contributed by atoms with Crippen molar-refractivity contribution in [1.29, 1.82) is 0 Å². The Kier molecular flexibility index (Phi) is 5.35. The van der Waals surface area contributed by atoms with Crippen LogP contribution in [0.1, 0.15) is 21.5 Å². The van der Waals surface area contributed by atoms with Crippen LogP contribution < -0.4 is 10.1 Å². The summed E-state index contributed by atoms with van der Waals surface area (Å²) in [5.74, 6) is 0.564. The molecule has 0 heterocycles. The van der Waals surface area contributed by atoms with Crippen LogP contribution in [0.5, 0.6) is 5.75 Å². The Bertz CT molecular complexity index is 593. The standard InChI is InChI=1S/C17H19NO3/c1-20-16-6-4-3-5-15(16)12-18-11-13-7-9-14(10-8-13)17(19)21-2/h3-10,18H,11-12H2,1-2H3. The normalized spacial score (nSPS) is 10.2. The minimum Gasteiger partial charge on any atom is -0.496 e. The summed E-state index contributed by atoms with van der Waals surface area (Å²) >= 11 is 0. The van der Waals surface area contributed by atoms with Gasteiger partial charge in [-0.15, -0.1) is 0 Å². The zero-order valence-electron chi connectivity index (χ0n) is 12.3. The number of para-hydroxylation sites is 1. The fraction of sp³-hybridized carbons (Fsp3) is 0.235. The molecule has 0 aliphatic carbocycles. The van der Waals surface area contributed by atoms with Crippen LogP contribution in [-0.2, 0) is 17.8 Å². The Morgan fingerprint density at radius 2 is 1.71 bits per heavy atom. The number of carbonyl (C=O) groups is 1. The van der Waals surface area contributed by atoms with Gasteiger partial charge < -0.3 is 14.8 Å². The van der Waals surface area contributed by atoms with Gasteiger partial charge in [0.2, 0.25) is 0 Å². The molecule has 110 valence electrons. The molecule has 0 saturated carbocycles. The number of hydrogen-bond acceptors (Lipinski definition) is 4. The van der Waals surface area contributed by atoms with Crippen molar-refractivity contribution >= 4 is 5.97 Å². The van der Waals surface area contributed by atoms with Gasteiger partial charge in [-0.1, -0.05) is 30.3 Å². The summed E-state index contributed by atoms with van der Waals surface area (Å²) in [6.45, 7) is 1.45. The molecule has 2 aromatic carbocycles. The summed E-state index contributed by atoms with van der Waals surface area (Å²) in [7, 11) is 3.05. The second kappa shape index (κ2) is 7.45. The average Bonchev–Trinajstić information content (AvgIpc) is 2.55. The van der Waals surface area contributed by atoms with Gasteiger partial charge in [-0.05, 0) is 23.8 Å². The first kappa shape index (κ1) is 15.1. The molecule has 0 spiro atoms. The first-order chi connectivity index (χ1) is 10.2. The lowest BCUT2D eigenvalue weighted by atomic mass is 10.1. The van der Waals surface area contributed by atoms with E-state index < -0.39 is 0 Å². The number of hydrogen-bond donors (Lipinski definition) is 1. The number of rotatable bonds is 6. The van der Waals surface area contributed by atoms with Gasteiger partial charge in [0, 0.05) is 18.7 Å². The van der Waals surface area contributed by atoms with Gasteiger partial charge in [0.1, 0.15) is 5.75 Å². The molecular formula is C17H19NO3. The lowest BCUT2D eigenvalue weighted by Gasteiger charge is -2.09. The minimum absolute atomic E-state index is 0.316. The quantitative estimate of drug-likeness (QED) is 0.829. The van der Waals surface area contributed by atoms with Gasteiger partial charge >= 0.3 is 5.97 Å². The van der Waals surface area contributed by atoms with Gasteiger partial charge in [0.15, 0.2) is 0 Å². The molecule has 2 rings (SSSR count). The molecule has 0 bridgehead atoms. The molecule has 0 radical (unpaired) electrons. The zero-order chi connectivity index (χ0) is 15.1. The number of carbonyl (C=O) groups excluding carboxylic acids is 1. The van der Waals surface area contributed by atoms with Crippen molar-refractivity contribution in [3.8, 4) is 5.75 Å². The zero-order valence-corrected chi connectivity index (χ0v) is 12.3. The number of ether oxygens (including phenoxy) is 2. The van der Waals surface area contributed by atoms with E-state index in [4.69, 9.17) is 4.74 Å². The van der Waals surface area contributed by atoms with Crippen LogP contribution in [0.4, 0.5) is 0 Å².